The first kappa shape index (κ1) is 13.3. The molecule has 4 fully saturated rings. The van der Waals surface area contributed by atoms with Crippen LogP contribution in [0.3, 0.4) is 0 Å². The zero-order chi connectivity index (χ0) is 14.4. The lowest BCUT2D eigenvalue weighted by Gasteiger charge is -2.41. The summed E-state index contributed by atoms with van der Waals surface area (Å²) in [7, 11) is 0. The van der Waals surface area contributed by atoms with E-state index in [0.29, 0.717) is 12.6 Å². The van der Waals surface area contributed by atoms with Gasteiger partial charge < -0.3 is 5.32 Å². The van der Waals surface area contributed by atoms with Crippen molar-refractivity contribution in [2.45, 2.75) is 50.6 Å². The summed E-state index contributed by atoms with van der Waals surface area (Å²) >= 11 is 0. The topological polar surface area (TPSA) is 45.2 Å². The van der Waals surface area contributed by atoms with Gasteiger partial charge in [-0.1, -0.05) is 6.07 Å². The first-order valence-electron chi connectivity index (χ1n) is 8.15. The predicted octanol–water partition coefficient (Wildman–Crippen LogP) is 1.68. The highest BCUT2D eigenvalue weighted by Gasteiger charge is 2.63. The molecule has 2 aliphatic heterocycles. The van der Waals surface area contributed by atoms with Crippen LogP contribution in [-0.4, -0.2) is 40.5 Å². The first-order valence-corrected chi connectivity index (χ1v) is 8.15. The Hall–Kier alpha value is -1.42. The van der Waals surface area contributed by atoms with Crippen molar-refractivity contribution in [2.24, 2.45) is 5.92 Å². The molecule has 21 heavy (non-hydrogen) atoms. The van der Waals surface area contributed by atoms with Crippen molar-refractivity contribution in [3.8, 4) is 0 Å². The molecule has 5 rings (SSSR count). The monoisotopic (exact) mass is 285 g/mol. The third kappa shape index (κ3) is 2.26. The maximum absolute atomic E-state index is 12.6. The van der Waals surface area contributed by atoms with Crippen LogP contribution in [-0.2, 0) is 11.2 Å². The van der Waals surface area contributed by atoms with Crippen molar-refractivity contribution >= 4 is 5.91 Å². The Bertz CT molecular complexity index is 561. The Morgan fingerprint density at radius 1 is 1.43 bits per heavy atom. The molecule has 0 atom stereocenters. The molecule has 4 heteroatoms. The molecule has 2 aliphatic carbocycles. The van der Waals surface area contributed by atoms with Gasteiger partial charge in [-0.05, 0) is 50.7 Å². The minimum absolute atomic E-state index is 0.147. The molecule has 2 bridgehead atoms. The summed E-state index contributed by atoms with van der Waals surface area (Å²) in [6.45, 7) is 3.85. The fourth-order valence-corrected chi connectivity index (χ4v) is 4.12. The summed E-state index contributed by atoms with van der Waals surface area (Å²) in [6, 6.07) is 6.76. The van der Waals surface area contributed by atoms with Crippen LogP contribution in [0.1, 0.15) is 37.1 Å². The third-order valence-electron chi connectivity index (χ3n) is 5.28. The molecule has 112 valence electrons. The van der Waals surface area contributed by atoms with E-state index in [0.717, 1.165) is 43.1 Å². The van der Waals surface area contributed by atoms with E-state index in [1.165, 1.54) is 12.8 Å². The summed E-state index contributed by atoms with van der Waals surface area (Å²) in [5.74, 6) is 1.03. The number of amides is 1. The molecule has 0 spiro atoms. The number of pyridine rings is 1. The fraction of sp³-hybridized carbons (Fsp3) is 0.647. The Morgan fingerprint density at radius 2 is 2.24 bits per heavy atom. The second-order valence-electron chi connectivity index (χ2n) is 6.97. The zero-order valence-electron chi connectivity index (χ0n) is 12.6. The van der Waals surface area contributed by atoms with E-state index < -0.39 is 0 Å². The largest absolute Gasteiger partial charge is 0.354 e. The average molecular weight is 285 g/mol. The van der Waals surface area contributed by atoms with Gasteiger partial charge in [0.05, 0.1) is 0 Å². The molecule has 1 amide bonds. The van der Waals surface area contributed by atoms with Gasteiger partial charge in [0.2, 0.25) is 5.91 Å². The van der Waals surface area contributed by atoms with Crippen molar-refractivity contribution < 1.29 is 4.79 Å². The number of aromatic nitrogens is 1. The van der Waals surface area contributed by atoms with E-state index in [1.807, 2.05) is 25.1 Å². The van der Waals surface area contributed by atoms with Crippen LogP contribution in [0.15, 0.2) is 18.2 Å². The van der Waals surface area contributed by atoms with E-state index in [-0.39, 0.29) is 11.4 Å². The van der Waals surface area contributed by atoms with Gasteiger partial charge >= 0.3 is 0 Å². The number of fused-ring (bicyclic) bond motifs is 1. The van der Waals surface area contributed by atoms with Crippen LogP contribution in [0.2, 0.25) is 0 Å². The van der Waals surface area contributed by atoms with Crippen LogP contribution in [0.4, 0.5) is 0 Å². The normalized spacial score (nSPS) is 31.0. The highest BCUT2D eigenvalue weighted by atomic mass is 16.2. The van der Waals surface area contributed by atoms with Crippen molar-refractivity contribution in [1.82, 2.24) is 15.2 Å². The standard InChI is InChI=1S/C17H23N3O/c1-12-3-2-4-14(19-12)7-8-18-16(21)17-9-13(10-17)11-20(17)15-5-6-15/h2-4,13,15H,5-11H2,1H3,(H,18,21). The Balaban J connectivity index is 1.34. The molecule has 2 saturated carbocycles. The number of carbonyl (C=O) groups excluding carboxylic acids is 1. The zero-order valence-corrected chi connectivity index (χ0v) is 12.6. The number of nitrogens with zero attached hydrogens (tertiary/aromatic N) is 2. The minimum Gasteiger partial charge on any atom is -0.354 e. The molecular weight excluding hydrogens is 262 g/mol. The van der Waals surface area contributed by atoms with Gasteiger partial charge in [0.25, 0.3) is 0 Å². The van der Waals surface area contributed by atoms with Crippen molar-refractivity contribution in [1.29, 1.82) is 0 Å². The lowest BCUT2D eigenvalue weighted by atomic mass is 9.72. The molecule has 0 radical (unpaired) electrons. The van der Waals surface area contributed by atoms with Crippen molar-refractivity contribution in [2.75, 3.05) is 13.1 Å². The Labute approximate surface area is 125 Å². The molecule has 1 N–H and O–H groups in total. The summed E-state index contributed by atoms with van der Waals surface area (Å²) in [5, 5.41) is 3.16. The second-order valence-corrected chi connectivity index (χ2v) is 6.97. The van der Waals surface area contributed by atoms with Crippen LogP contribution < -0.4 is 5.32 Å². The molecule has 0 aromatic carbocycles. The molecule has 4 aliphatic rings. The van der Waals surface area contributed by atoms with E-state index in [4.69, 9.17) is 0 Å². The third-order valence-corrected chi connectivity index (χ3v) is 5.28. The van der Waals surface area contributed by atoms with Crippen molar-refractivity contribution in [3.05, 3.63) is 29.6 Å². The van der Waals surface area contributed by atoms with Crippen LogP contribution in [0.5, 0.6) is 0 Å². The summed E-state index contributed by atoms with van der Waals surface area (Å²) < 4.78 is 0. The van der Waals surface area contributed by atoms with Crippen LogP contribution in [0, 0.1) is 12.8 Å². The van der Waals surface area contributed by atoms with Crippen molar-refractivity contribution in [3.63, 3.8) is 0 Å². The second kappa shape index (κ2) is 4.80. The average Bonchev–Trinajstić information content (AvgIpc) is 3.10. The lowest BCUT2D eigenvalue weighted by Crippen LogP contribution is -2.58. The van der Waals surface area contributed by atoms with Crippen LogP contribution >= 0.6 is 0 Å². The number of carbonyl (C=O) groups is 1. The number of hydrogen-bond donors (Lipinski definition) is 1. The molecular formula is C17H23N3O. The predicted molar refractivity (Wildman–Crippen MR) is 80.9 cm³/mol. The van der Waals surface area contributed by atoms with Gasteiger partial charge in [-0.3, -0.25) is 14.7 Å². The molecule has 4 nitrogen and oxygen atoms in total. The number of nitrogens with one attached hydrogen (secondary N) is 1. The molecule has 0 unspecified atom stereocenters. The Kier molecular flexibility index (Phi) is 3.03. The highest BCUT2D eigenvalue weighted by Crippen LogP contribution is 2.54. The molecule has 3 heterocycles. The van der Waals surface area contributed by atoms with E-state index >= 15 is 0 Å². The first-order chi connectivity index (χ1) is 10.2. The van der Waals surface area contributed by atoms with Gasteiger partial charge in [0.1, 0.15) is 5.54 Å². The maximum Gasteiger partial charge on any atom is 0.240 e. The fourth-order valence-electron chi connectivity index (χ4n) is 4.12. The van der Waals surface area contributed by atoms with Gasteiger partial charge in [-0.2, -0.15) is 0 Å². The van der Waals surface area contributed by atoms with Gasteiger partial charge in [-0.15, -0.1) is 0 Å². The van der Waals surface area contributed by atoms with Gasteiger partial charge in [0, 0.05) is 36.9 Å². The van der Waals surface area contributed by atoms with E-state index in [9.17, 15) is 4.79 Å². The molecule has 2 saturated heterocycles. The molecule has 1 aromatic rings. The number of aryl methyl sites for hydroxylation is 1. The summed E-state index contributed by atoms with van der Waals surface area (Å²) in [5.41, 5.74) is 1.95. The smallest absolute Gasteiger partial charge is 0.240 e. The summed E-state index contributed by atoms with van der Waals surface area (Å²) in [4.78, 5) is 19.6. The van der Waals surface area contributed by atoms with E-state index in [1.54, 1.807) is 0 Å². The minimum atomic E-state index is -0.147. The van der Waals surface area contributed by atoms with Gasteiger partial charge in [-0.25, -0.2) is 0 Å². The summed E-state index contributed by atoms with van der Waals surface area (Å²) in [6.07, 6.45) is 5.55. The maximum atomic E-state index is 12.6. The SMILES string of the molecule is Cc1cccc(CCNC(=O)C23CC(CN2C2CC2)C3)n1. The highest BCUT2D eigenvalue weighted by molar-refractivity contribution is 5.88. The number of hydrogen-bond acceptors (Lipinski definition) is 3. The van der Waals surface area contributed by atoms with Crippen LogP contribution in [0.25, 0.3) is 0 Å². The van der Waals surface area contributed by atoms with E-state index in [2.05, 4.69) is 15.2 Å². The molecule has 1 aromatic heterocycles. The lowest BCUT2D eigenvalue weighted by molar-refractivity contribution is -0.134. The van der Waals surface area contributed by atoms with Gasteiger partial charge in [0.15, 0.2) is 0 Å². The quantitative estimate of drug-likeness (QED) is 0.895. The Morgan fingerprint density at radius 3 is 2.95 bits per heavy atom. The number of rotatable bonds is 5.